The Balaban J connectivity index is 1.39. The van der Waals surface area contributed by atoms with E-state index in [1.807, 2.05) is 0 Å². The Bertz CT molecular complexity index is 1930. The molecule has 51 heavy (non-hydrogen) atoms. The van der Waals surface area contributed by atoms with Crippen molar-refractivity contribution in [3.63, 3.8) is 0 Å². The van der Waals surface area contributed by atoms with Gasteiger partial charge in [-0.15, -0.1) is 0 Å². The van der Waals surface area contributed by atoms with E-state index in [9.17, 15) is 0 Å². The van der Waals surface area contributed by atoms with E-state index < -0.39 is 14.8 Å². The zero-order valence-electron chi connectivity index (χ0n) is 30.0. The number of unbranched alkanes of at least 4 members (excludes halogenated alkanes) is 1. The predicted molar refractivity (Wildman–Crippen MR) is 225 cm³/mol. The quantitative estimate of drug-likeness (QED) is 0.136. The maximum atomic E-state index is 5.27. The summed E-state index contributed by atoms with van der Waals surface area (Å²) in [6.45, 7) is 11.3. The Kier molecular flexibility index (Phi) is 9.65. The number of hydrogen-bond acceptors (Lipinski definition) is 1. The molecule has 0 radical (unpaired) electrons. The monoisotopic (exact) mass is 701 g/mol. The van der Waals surface area contributed by atoms with Crippen molar-refractivity contribution in [1.29, 1.82) is 0 Å². The first-order chi connectivity index (χ1) is 25.1. The third-order valence-corrected chi connectivity index (χ3v) is 23.6. The summed E-state index contributed by atoms with van der Waals surface area (Å²) < 4.78 is 3.22. The van der Waals surface area contributed by atoms with Crippen LogP contribution in [-0.4, -0.2) is 16.6 Å². The first-order valence-electron chi connectivity index (χ1n) is 18.8. The highest BCUT2D eigenvalue weighted by molar-refractivity contribution is 8.02. The Morgan fingerprint density at radius 3 is 1.29 bits per heavy atom. The van der Waals surface area contributed by atoms with Crippen LogP contribution >= 0.6 is 14.8 Å². The molecule has 1 unspecified atom stereocenters. The fourth-order valence-electron chi connectivity index (χ4n) is 9.43. The molecule has 0 N–H and O–H groups in total. The van der Waals surface area contributed by atoms with E-state index in [2.05, 4.69) is 188 Å². The van der Waals surface area contributed by atoms with Crippen LogP contribution < -0.4 is 10.6 Å². The summed E-state index contributed by atoms with van der Waals surface area (Å²) >= 11 is 0. The van der Waals surface area contributed by atoms with Gasteiger partial charge in [-0.3, -0.25) is 0 Å². The summed E-state index contributed by atoms with van der Waals surface area (Å²) in [5.74, 6) is 0. The van der Waals surface area contributed by atoms with E-state index in [1.165, 1.54) is 75.0 Å². The van der Waals surface area contributed by atoms with Crippen molar-refractivity contribution in [3.05, 3.63) is 193 Å². The zero-order valence-corrected chi connectivity index (χ0v) is 31.8. The lowest BCUT2D eigenvalue weighted by molar-refractivity contribution is 0.619. The van der Waals surface area contributed by atoms with Gasteiger partial charge in [-0.25, -0.2) is 0 Å². The number of nitrogens with zero attached hydrogens (tertiary/aromatic N) is 1. The van der Waals surface area contributed by atoms with Gasteiger partial charge in [0.1, 0.15) is 40.3 Å². The molecule has 2 aliphatic rings. The molecule has 1 spiro atoms. The topological polar surface area (TPSA) is 3.24 Å². The molecule has 6 aromatic rings. The molecule has 2 saturated heterocycles. The van der Waals surface area contributed by atoms with Gasteiger partial charge in [0.2, 0.25) is 7.41 Å². The summed E-state index contributed by atoms with van der Waals surface area (Å²) in [4.78, 5) is 0. The molecule has 6 aromatic carbocycles. The largest absolute Gasteiger partial charge is 0.217 e. The van der Waals surface area contributed by atoms with Crippen LogP contribution in [0.1, 0.15) is 62.0 Å². The smallest absolute Gasteiger partial charge is 0.0653 e. The normalized spacial score (nSPS) is 20.9. The Morgan fingerprint density at radius 1 is 0.529 bits per heavy atom. The highest BCUT2D eigenvalue weighted by Crippen LogP contribution is 3.01. The lowest BCUT2D eigenvalue weighted by Crippen LogP contribution is -2.35. The summed E-state index contributed by atoms with van der Waals surface area (Å²) in [7, 11) is -4.26. The molecule has 0 aromatic heterocycles. The lowest BCUT2D eigenvalue weighted by Gasteiger charge is -2.40. The van der Waals surface area contributed by atoms with Crippen molar-refractivity contribution in [2.75, 3.05) is 6.54 Å². The fraction of sp³-hybridized carbons (Fsp3) is 0.208. The standard InChI is InChI=1S/C48H49NP2/c1-4-5-36-49-50(45-30-26-41(27-31-45)39-18-10-6-11-19-39,46-32-28-42(29-33-46)40-20-12-7-13-21-40)37(2)38(3)51(49)47(43-22-14-8-15-23-43)34-35-48(51)44-24-16-9-17-25-44/h6-33,38,47-48H,2,4-5,34-36H2,1,3H3/q+2/t38?,47-,48-/m0/s1. The third-order valence-electron chi connectivity index (χ3n) is 11.8. The second-order valence-electron chi connectivity index (χ2n) is 14.3. The summed E-state index contributed by atoms with van der Waals surface area (Å²) in [5, 5.41) is 4.37. The molecule has 0 bridgehead atoms. The van der Waals surface area contributed by atoms with Crippen molar-refractivity contribution in [1.82, 2.24) is 4.44 Å². The lowest BCUT2D eigenvalue weighted by atomic mass is 10.0. The molecule has 3 atom stereocenters. The van der Waals surface area contributed by atoms with Gasteiger partial charge in [0.15, 0.2) is 0 Å². The summed E-state index contributed by atoms with van der Waals surface area (Å²) in [5.41, 5.74) is 9.49. The maximum Gasteiger partial charge on any atom is 0.217 e. The van der Waals surface area contributed by atoms with E-state index in [0.717, 1.165) is 6.54 Å². The van der Waals surface area contributed by atoms with Crippen LogP contribution in [0, 0.1) is 0 Å². The van der Waals surface area contributed by atoms with Crippen molar-refractivity contribution < 1.29 is 0 Å². The minimum atomic E-state index is -2.30. The Labute approximate surface area is 306 Å². The molecule has 254 valence electrons. The van der Waals surface area contributed by atoms with Gasteiger partial charge in [0, 0.05) is 0 Å². The molecule has 0 aliphatic carbocycles. The SMILES string of the molecule is C=C1C(C)[P+]2([C@H](c3ccccc3)CC[C@H]2c2ccccc2)N(CCCC)[P+]1(c1ccc(-c2ccccc2)cc1)c1ccc(-c2ccccc2)cc1. The van der Waals surface area contributed by atoms with Gasteiger partial charge in [0.25, 0.3) is 0 Å². The minimum absolute atomic E-state index is 0.392. The van der Waals surface area contributed by atoms with Crippen molar-refractivity contribution >= 4 is 25.4 Å². The van der Waals surface area contributed by atoms with Crippen LogP contribution in [0.25, 0.3) is 22.3 Å². The Morgan fingerprint density at radius 2 is 0.902 bits per heavy atom. The molecule has 0 saturated carbocycles. The average molecular weight is 702 g/mol. The van der Waals surface area contributed by atoms with E-state index in [1.54, 1.807) is 0 Å². The maximum absolute atomic E-state index is 5.27. The van der Waals surface area contributed by atoms with Crippen LogP contribution in [0.15, 0.2) is 182 Å². The van der Waals surface area contributed by atoms with E-state index in [4.69, 9.17) is 6.58 Å². The summed E-state index contributed by atoms with van der Waals surface area (Å²) in [6.07, 6.45) is 4.79. The van der Waals surface area contributed by atoms with Crippen molar-refractivity contribution in [2.24, 2.45) is 0 Å². The van der Waals surface area contributed by atoms with E-state index >= 15 is 0 Å². The van der Waals surface area contributed by atoms with Crippen LogP contribution in [0.2, 0.25) is 0 Å². The van der Waals surface area contributed by atoms with Crippen LogP contribution in [0.3, 0.4) is 0 Å². The Hall–Kier alpha value is -4.12. The zero-order chi connectivity index (χ0) is 34.8. The molecule has 2 heterocycles. The molecule has 2 aliphatic heterocycles. The van der Waals surface area contributed by atoms with Gasteiger partial charge in [0.05, 0.1) is 6.54 Å². The molecule has 3 heteroatoms. The van der Waals surface area contributed by atoms with Crippen LogP contribution in [-0.2, 0) is 0 Å². The average Bonchev–Trinajstić information content (AvgIpc) is 3.69. The third kappa shape index (κ3) is 5.66. The molecule has 0 amide bonds. The molecule has 1 nitrogen and oxygen atoms in total. The first kappa shape index (κ1) is 34.0. The van der Waals surface area contributed by atoms with E-state index in [0.29, 0.717) is 17.0 Å². The fourth-order valence-corrected chi connectivity index (χ4v) is 24.4. The van der Waals surface area contributed by atoms with Crippen molar-refractivity contribution in [2.45, 2.75) is 56.5 Å². The minimum Gasteiger partial charge on any atom is -0.0653 e. The number of benzene rings is 6. The molecular formula is C48H49NP2+2. The second kappa shape index (κ2) is 14.5. The summed E-state index contributed by atoms with van der Waals surface area (Å²) in [6, 6.07) is 64.2. The van der Waals surface area contributed by atoms with Crippen LogP contribution in [0.5, 0.6) is 0 Å². The molecular weight excluding hydrogens is 652 g/mol. The highest BCUT2D eigenvalue weighted by atomic mass is 31.3. The first-order valence-corrected chi connectivity index (χ1v) is 22.5. The predicted octanol–water partition coefficient (Wildman–Crippen LogP) is 13.1. The molecule has 2 fully saturated rings. The number of hydrogen-bond donors (Lipinski definition) is 0. The van der Waals surface area contributed by atoms with Crippen molar-refractivity contribution in [3.8, 4) is 22.3 Å². The van der Waals surface area contributed by atoms with Crippen LogP contribution in [0.4, 0.5) is 0 Å². The van der Waals surface area contributed by atoms with E-state index in [-0.39, 0.29) is 0 Å². The molecule has 8 rings (SSSR count). The second-order valence-corrected chi connectivity index (χ2v) is 22.1. The highest BCUT2D eigenvalue weighted by Gasteiger charge is 2.81. The van der Waals surface area contributed by atoms with Gasteiger partial charge < -0.3 is 0 Å². The van der Waals surface area contributed by atoms with Gasteiger partial charge >= 0.3 is 0 Å². The van der Waals surface area contributed by atoms with Gasteiger partial charge in [-0.1, -0.05) is 166 Å². The van der Waals surface area contributed by atoms with Gasteiger partial charge in [-0.2, -0.15) is 0 Å². The van der Waals surface area contributed by atoms with Gasteiger partial charge in [-0.05, 0) is 88.3 Å². The number of allylic oxidation sites excluding steroid dienone is 1. The number of rotatable bonds is 9.